The number of amides is 1. The third-order valence-electron chi connectivity index (χ3n) is 3.13. The van der Waals surface area contributed by atoms with Gasteiger partial charge in [0.25, 0.3) is 0 Å². The van der Waals surface area contributed by atoms with Gasteiger partial charge in [-0.15, -0.1) is 11.3 Å². The Morgan fingerprint density at radius 3 is 2.62 bits per heavy atom. The maximum atomic E-state index is 13.1. The number of halogens is 1. The Morgan fingerprint density at radius 1 is 1.33 bits per heavy atom. The molecule has 21 heavy (non-hydrogen) atoms. The molecule has 0 aliphatic carbocycles. The Labute approximate surface area is 127 Å². The summed E-state index contributed by atoms with van der Waals surface area (Å²) in [4.78, 5) is 13.0. The summed E-state index contributed by atoms with van der Waals surface area (Å²) in [5.41, 5.74) is 0.837. The summed E-state index contributed by atoms with van der Waals surface area (Å²) in [7, 11) is 0. The highest BCUT2D eigenvalue weighted by Crippen LogP contribution is 2.26. The molecule has 0 radical (unpaired) electrons. The van der Waals surface area contributed by atoms with E-state index in [1.807, 2.05) is 17.5 Å². The lowest BCUT2D eigenvalue weighted by atomic mass is 10.0. The molecule has 1 aromatic carbocycles. The van der Waals surface area contributed by atoms with E-state index in [1.165, 1.54) is 23.5 Å². The third-order valence-corrected chi connectivity index (χ3v) is 4.06. The maximum absolute atomic E-state index is 13.1. The quantitative estimate of drug-likeness (QED) is 0.860. The van der Waals surface area contributed by atoms with Gasteiger partial charge in [-0.05, 0) is 42.5 Å². The Balaban J connectivity index is 2.14. The maximum Gasteiger partial charge on any atom is 0.220 e. The van der Waals surface area contributed by atoms with E-state index in [0.717, 1.165) is 10.4 Å². The van der Waals surface area contributed by atoms with Crippen LogP contribution in [0.5, 0.6) is 0 Å². The first kappa shape index (κ1) is 15.7. The molecule has 1 aromatic heterocycles. The van der Waals surface area contributed by atoms with E-state index < -0.39 is 6.10 Å². The van der Waals surface area contributed by atoms with Crippen LogP contribution in [0.1, 0.15) is 36.2 Å². The highest BCUT2D eigenvalue weighted by molar-refractivity contribution is 7.10. The number of nitrogens with one attached hydrogen (secondary N) is 1. The molecule has 0 aliphatic heterocycles. The van der Waals surface area contributed by atoms with Gasteiger partial charge in [-0.2, -0.15) is 0 Å². The number of carbonyl (C=O) groups is 1. The Kier molecular flexibility index (Phi) is 5.47. The predicted octanol–water partition coefficient (Wildman–Crippen LogP) is 3.25. The number of thiophene rings is 1. The van der Waals surface area contributed by atoms with E-state index in [0.29, 0.717) is 6.42 Å². The van der Waals surface area contributed by atoms with E-state index >= 15 is 0 Å². The van der Waals surface area contributed by atoms with Crippen LogP contribution in [0.25, 0.3) is 0 Å². The van der Waals surface area contributed by atoms with Gasteiger partial charge in [-0.25, -0.2) is 4.39 Å². The Morgan fingerprint density at radius 2 is 2.05 bits per heavy atom. The summed E-state index contributed by atoms with van der Waals surface area (Å²) in [6.07, 6.45) is 0.189. The van der Waals surface area contributed by atoms with Crippen molar-refractivity contribution in [3.63, 3.8) is 0 Å². The minimum absolute atomic E-state index is 0.126. The van der Waals surface area contributed by atoms with Gasteiger partial charge in [-0.1, -0.05) is 18.2 Å². The van der Waals surface area contributed by atoms with Gasteiger partial charge in [0, 0.05) is 11.3 Å². The molecule has 0 aliphatic rings. The van der Waals surface area contributed by atoms with Crippen LogP contribution >= 0.6 is 11.3 Å². The summed E-state index contributed by atoms with van der Waals surface area (Å²) >= 11 is 1.54. The fourth-order valence-electron chi connectivity index (χ4n) is 2.00. The van der Waals surface area contributed by atoms with Crippen molar-refractivity contribution >= 4 is 17.2 Å². The molecule has 3 nitrogen and oxygen atoms in total. The van der Waals surface area contributed by atoms with Crippen molar-refractivity contribution in [2.24, 2.45) is 0 Å². The van der Waals surface area contributed by atoms with E-state index in [2.05, 4.69) is 5.32 Å². The number of aliphatic hydroxyl groups excluding tert-OH is 1. The molecule has 0 saturated heterocycles. The number of benzene rings is 1. The molecule has 2 unspecified atom stereocenters. The minimum Gasteiger partial charge on any atom is -0.393 e. The minimum atomic E-state index is -0.498. The molecule has 2 N–H and O–H groups in total. The van der Waals surface area contributed by atoms with E-state index in [4.69, 9.17) is 0 Å². The first-order valence-corrected chi connectivity index (χ1v) is 7.70. The molecule has 2 rings (SSSR count). The van der Waals surface area contributed by atoms with Gasteiger partial charge in [0.1, 0.15) is 5.82 Å². The highest BCUT2D eigenvalue weighted by Gasteiger charge is 2.18. The molecule has 5 heteroatoms. The van der Waals surface area contributed by atoms with Crippen molar-refractivity contribution in [3.8, 4) is 0 Å². The van der Waals surface area contributed by atoms with Crippen LogP contribution in [0.4, 0.5) is 4.39 Å². The molecule has 1 amide bonds. The zero-order chi connectivity index (χ0) is 15.2. The standard InChI is InChI=1S/C16H18FNO2S/c1-11(19)4-9-15(20)18-16(14-3-2-10-21-14)12-5-7-13(17)8-6-12/h2-3,5-8,10-11,16,19H,4,9H2,1H3,(H,18,20). The number of rotatable bonds is 6. The Hall–Kier alpha value is -1.72. The molecule has 1 heterocycles. The lowest BCUT2D eigenvalue weighted by Gasteiger charge is -2.18. The van der Waals surface area contributed by atoms with Gasteiger partial charge in [0.05, 0.1) is 12.1 Å². The van der Waals surface area contributed by atoms with Crippen molar-refractivity contribution in [2.45, 2.75) is 31.9 Å². The normalized spacial score (nSPS) is 13.7. The van der Waals surface area contributed by atoms with Gasteiger partial charge in [0.15, 0.2) is 0 Å². The van der Waals surface area contributed by atoms with Crippen molar-refractivity contribution in [1.82, 2.24) is 5.32 Å². The van der Waals surface area contributed by atoms with Gasteiger partial charge < -0.3 is 10.4 Å². The summed E-state index contributed by atoms with van der Waals surface area (Å²) in [5.74, 6) is -0.428. The molecule has 0 bridgehead atoms. The van der Waals surface area contributed by atoms with Crippen molar-refractivity contribution in [3.05, 3.63) is 58.0 Å². The largest absolute Gasteiger partial charge is 0.393 e. The average Bonchev–Trinajstić information content (AvgIpc) is 2.97. The fraction of sp³-hybridized carbons (Fsp3) is 0.312. The first-order valence-electron chi connectivity index (χ1n) is 6.82. The van der Waals surface area contributed by atoms with Gasteiger partial charge >= 0.3 is 0 Å². The molecule has 0 spiro atoms. The number of hydrogen-bond donors (Lipinski definition) is 2. The van der Waals surface area contributed by atoms with Gasteiger partial charge in [-0.3, -0.25) is 4.79 Å². The SMILES string of the molecule is CC(O)CCC(=O)NC(c1ccc(F)cc1)c1cccs1. The second kappa shape index (κ2) is 7.33. The second-order valence-corrected chi connectivity index (χ2v) is 5.93. The zero-order valence-electron chi connectivity index (χ0n) is 11.8. The summed E-state index contributed by atoms with van der Waals surface area (Å²) in [6.45, 7) is 1.66. The van der Waals surface area contributed by atoms with Crippen LogP contribution in [-0.4, -0.2) is 17.1 Å². The monoisotopic (exact) mass is 307 g/mol. The predicted molar refractivity (Wildman–Crippen MR) is 81.6 cm³/mol. The number of aliphatic hydroxyl groups is 1. The summed E-state index contributed by atoms with van der Waals surface area (Å²) in [6, 6.07) is 9.69. The van der Waals surface area contributed by atoms with E-state index in [9.17, 15) is 14.3 Å². The van der Waals surface area contributed by atoms with E-state index in [-0.39, 0.29) is 24.2 Å². The lowest BCUT2D eigenvalue weighted by Crippen LogP contribution is -2.29. The van der Waals surface area contributed by atoms with E-state index in [1.54, 1.807) is 19.1 Å². The van der Waals surface area contributed by atoms with Crippen molar-refractivity contribution < 1.29 is 14.3 Å². The smallest absolute Gasteiger partial charge is 0.220 e. The summed E-state index contributed by atoms with van der Waals surface area (Å²) in [5, 5.41) is 14.1. The third kappa shape index (κ3) is 4.65. The fourth-order valence-corrected chi connectivity index (χ4v) is 2.81. The lowest BCUT2D eigenvalue weighted by molar-refractivity contribution is -0.122. The number of hydrogen-bond acceptors (Lipinski definition) is 3. The topological polar surface area (TPSA) is 49.3 Å². The van der Waals surface area contributed by atoms with Crippen LogP contribution < -0.4 is 5.32 Å². The molecule has 2 aromatic rings. The van der Waals surface area contributed by atoms with Crippen LogP contribution in [0.2, 0.25) is 0 Å². The van der Waals surface area contributed by atoms with Crippen LogP contribution in [0.3, 0.4) is 0 Å². The second-order valence-electron chi connectivity index (χ2n) is 4.96. The van der Waals surface area contributed by atoms with Crippen molar-refractivity contribution in [2.75, 3.05) is 0 Å². The molecule has 112 valence electrons. The van der Waals surface area contributed by atoms with Crippen LogP contribution in [-0.2, 0) is 4.79 Å². The summed E-state index contributed by atoms with van der Waals surface area (Å²) < 4.78 is 13.1. The molecular weight excluding hydrogens is 289 g/mol. The molecular formula is C16H18FNO2S. The first-order chi connectivity index (χ1) is 10.1. The van der Waals surface area contributed by atoms with Crippen molar-refractivity contribution in [1.29, 1.82) is 0 Å². The highest BCUT2D eigenvalue weighted by atomic mass is 32.1. The Bertz CT molecular complexity index is 566. The average molecular weight is 307 g/mol. The molecule has 2 atom stereocenters. The van der Waals surface area contributed by atoms with Gasteiger partial charge in [0.2, 0.25) is 5.91 Å². The molecule has 0 saturated carbocycles. The van der Waals surface area contributed by atoms with Crippen LogP contribution in [0.15, 0.2) is 41.8 Å². The molecule has 0 fully saturated rings. The van der Waals surface area contributed by atoms with Crippen LogP contribution in [0, 0.1) is 5.82 Å². The zero-order valence-corrected chi connectivity index (χ0v) is 12.6. The number of carbonyl (C=O) groups excluding carboxylic acids is 1.